The van der Waals surface area contributed by atoms with Gasteiger partial charge in [-0.05, 0) is 75.4 Å². The Hall–Kier alpha value is -2.17. The van der Waals surface area contributed by atoms with E-state index in [0.717, 1.165) is 30.0 Å². The molecule has 3 rings (SSSR count). The number of nitrogens with zero attached hydrogens (tertiary/aromatic N) is 2. The molecule has 0 atom stereocenters. The fourth-order valence-electron chi connectivity index (χ4n) is 4.24. The van der Waals surface area contributed by atoms with Gasteiger partial charge >= 0.3 is 0 Å². The van der Waals surface area contributed by atoms with Crippen molar-refractivity contribution in [3.8, 4) is 5.75 Å². The van der Waals surface area contributed by atoms with Gasteiger partial charge in [-0.25, -0.2) is 0 Å². The topological polar surface area (TPSA) is 61.8 Å². The van der Waals surface area contributed by atoms with Gasteiger partial charge in [0.25, 0.3) is 0 Å². The molecule has 1 aliphatic heterocycles. The van der Waals surface area contributed by atoms with Crippen LogP contribution in [0.3, 0.4) is 0 Å². The zero-order valence-electron chi connectivity index (χ0n) is 17.5. The van der Waals surface area contributed by atoms with Crippen molar-refractivity contribution in [2.24, 2.45) is 10.7 Å². The molecule has 4 heteroatoms. The van der Waals surface area contributed by atoms with E-state index in [1.807, 2.05) is 18.2 Å². The first-order chi connectivity index (χ1) is 14.3. The summed E-state index contributed by atoms with van der Waals surface area (Å²) in [6, 6.07) is 18.4. The largest absolute Gasteiger partial charge is 0.507 e. The Morgan fingerprint density at radius 3 is 2.41 bits per heavy atom. The molecular weight excluding hydrogens is 358 g/mol. The smallest absolute Gasteiger partial charge is 0.124 e. The third-order valence-corrected chi connectivity index (χ3v) is 5.89. The predicted octanol–water partition coefficient (Wildman–Crippen LogP) is 4.58. The molecule has 0 radical (unpaired) electrons. The summed E-state index contributed by atoms with van der Waals surface area (Å²) in [6.45, 7) is 4.75. The van der Waals surface area contributed by atoms with Gasteiger partial charge in [0.1, 0.15) is 5.75 Å². The van der Waals surface area contributed by atoms with Gasteiger partial charge in [0, 0.05) is 17.8 Å². The van der Waals surface area contributed by atoms with Crippen molar-refractivity contribution >= 4 is 5.71 Å². The molecule has 0 bridgehead atoms. The highest BCUT2D eigenvalue weighted by Crippen LogP contribution is 2.28. The minimum absolute atomic E-state index is 0.310. The number of hydrogen-bond acceptors (Lipinski definition) is 4. The number of unbranched alkanes of at least 4 members (excludes halogenated alkanes) is 2. The third kappa shape index (κ3) is 6.69. The number of nitrogens with two attached hydrogens (primary N) is 1. The van der Waals surface area contributed by atoms with E-state index in [1.54, 1.807) is 6.07 Å². The standard InChI is InChI=1S/C25H35N3O/c26-16-17-27-24(23-11-6-7-13-25(23)29)12-5-2-8-18-28-19-14-22(15-20-28)21-9-3-1-4-10-21/h1,3-4,6-7,9-11,13,22,29H,2,5,8,12,14-20,26H2. The average molecular weight is 394 g/mol. The van der Waals surface area contributed by atoms with Crippen molar-refractivity contribution in [3.63, 3.8) is 0 Å². The number of aromatic hydroxyl groups is 1. The van der Waals surface area contributed by atoms with Crippen LogP contribution in [0.5, 0.6) is 5.75 Å². The van der Waals surface area contributed by atoms with E-state index < -0.39 is 0 Å². The summed E-state index contributed by atoms with van der Waals surface area (Å²) < 4.78 is 0. The van der Waals surface area contributed by atoms with Crippen LogP contribution in [-0.4, -0.2) is 48.4 Å². The maximum atomic E-state index is 10.1. The summed E-state index contributed by atoms with van der Waals surface area (Å²) >= 11 is 0. The lowest BCUT2D eigenvalue weighted by Crippen LogP contribution is -2.33. The molecule has 0 amide bonds. The number of rotatable bonds is 10. The monoisotopic (exact) mass is 393 g/mol. The first kappa shape index (κ1) is 21.5. The maximum absolute atomic E-state index is 10.1. The van der Waals surface area contributed by atoms with Gasteiger partial charge < -0.3 is 15.7 Å². The summed E-state index contributed by atoms with van der Waals surface area (Å²) in [5.74, 6) is 1.04. The van der Waals surface area contributed by atoms with Gasteiger partial charge in [-0.1, -0.05) is 48.9 Å². The van der Waals surface area contributed by atoms with Crippen LogP contribution in [0.25, 0.3) is 0 Å². The number of phenols is 1. The summed E-state index contributed by atoms with van der Waals surface area (Å²) in [5, 5.41) is 10.1. The van der Waals surface area contributed by atoms with E-state index in [-0.39, 0.29) is 0 Å². The lowest BCUT2D eigenvalue weighted by Gasteiger charge is -2.32. The zero-order valence-corrected chi connectivity index (χ0v) is 17.5. The predicted molar refractivity (Wildman–Crippen MR) is 122 cm³/mol. The van der Waals surface area contributed by atoms with Crippen LogP contribution in [0.2, 0.25) is 0 Å². The molecule has 0 aromatic heterocycles. The lowest BCUT2D eigenvalue weighted by molar-refractivity contribution is 0.208. The Morgan fingerprint density at radius 2 is 1.69 bits per heavy atom. The number of benzene rings is 2. The molecule has 1 saturated heterocycles. The van der Waals surface area contributed by atoms with Crippen LogP contribution in [0, 0.1) is 0 Å². The maximum Gasteiger partial charge on any atom is 0.124 e. The number of hydrogen-bond donors (Lipinski definition) is 2. The highest BCUT2D eigenvalue weighted by Gasteiger charge is 2.19. The van der Waals surface area contributed by atoms with Gasteiger partial charge in [-0.3, -0.25) is 4.99 Å². The summed E-state index contributed by atoms with van der Waals surface area (Å²) in [7, 11) is 0. The molecule has 2 aromatic rings. The lowest BCUT2D eigenvalue weighted by atomic mass is 9.89. The van der Waals surface area contributed by atoms with Crippen LogP contribution < -0.4 is 5.73 Å². The molecule has 0 saturated carbocycles. The highest BCUT2D eigenvalue weighted by molar-refractivity contribution is 6.02. The minimum Gasteiger partial charge on any atom is -0.507 e. The number of phenolic OH excluding ortho intramolecular Hbond substituents is 1. The molecule has 29 heavy (non-hydrogen) atoms. The van der Waals surface area contributed by atoms with Gasteiger partial charge in [0.05, 0.1) is 6.54 Å². The van der Waals surface area contributed by atoms with Crippen molar-refractivity contribution in [1.29, 1.82) is 0 Å². The Bertz CT molecular complexity index is 752. The molecule has 1 aliphatic rings. The van der Waals surface area contributed by atoms with Crippen molar-refractivity contribution < 1.29 is 5.11 Å². The Morgan fingerprint density at radius 1 is 0.966 bits per heavy atom. The van der Waals surface area contributed by atoms with Gasteiger partial charge in [0.2, 0.25) is 0 Å². The molecule has 3 N–H and O–H groups in total. The van der Waals surface area contributed by atoms with E-state index >= 15 is 0 Å². The van der Waals surface area contributed by atoms with Crippen LogP contribution in [0.1, 0.15) is 55.6 Å². The van der Waals surface area contributed by atoms with E-state index in [0.29, 0.717) is 18.8 Å². The van der Waals surface area contributed by atoms with Crippen molar-refractivity contribution in [2.75, 3.05) is 32.7 Å². The van der Waals surface area contributed by atoms with E-state index in [4.69, 9.17) is 5.73 Å². The molecule has 1 heterocycles. The normalized spacial score (nSPS) is 16.2. The quantitative estimate of drug-likeness (QED) is 0.459. The highest BCUT2D eigenvalue weighted by atomic mass is 16.3. The molecule has 0 aliphatic carbocycles. The summed E-state index contributed by atoms with van der Waals surface area (Å²) in [5.41, 5.74) is 8.96. The number of likely N-dealkylation sites (tertiary alicyclic amines) is 1. The first-order valence-corrected chi connectivity index (χ1v) is 11.1. The van der Waals surface area contributed by atoms with Crippen LogP contribution in [-0.2, 0) is 0 Å². The average Bonchev–Trinajstić information content (AvgIpc) is 2.77. The second-order valence-electron chi connectivity index (χ2n) is 7.97. The number of aliphatic imine (C=N–C) groups is 1. The molecule has 1 fully saturated rings. The molecule has 156 valence electrons. The second kappa shape index (κ2) is 11.7. The Balaban J connectivity index is 1.37. The Kier molecular flexibility index (Phi) is 8.72. The fourth-order valence-corrected chi connectivity index (χ4v) is 4.24. The Labute approximate surface area is 175 Å². The van der Waals surface area contributed by atoms with Crippen LogP contribution >= 0.6 is 0 Å². The van der Waals surface area contributed by atoms with Gasteiger partial charge in [-0.2, -0.15) is 0 Å². The van der Waals surface area contributed by atoms with Gasteiger partial charge in [0.15, 0.2) is 0 Å². The number of piperidine rings is 1. The molecule has 0 spiro atoms. The van der Waals surface area contributed by atoms with Crippen molar-refractivity contribution in [1.82, 2.24) is 4.90 Å². The van der Waals surface area contributed by atoms with Crippen molar-refractivity contribution in [2.45, 2.75) is 44.4 Å². The van der Waals surface area contributed by atoms with E-state index in [2.05, 4.69) is 40.2 Å². The number of para-hydroxylation sites is 1. The third-order valence-electron chi connectivity index (χ3n) is 5.89. The van der Waals surface area contributed by atoms with E-state index in [9.17, 15) is 5.11 Å². The van der Waals surface area contributed by atoms with E-state index in [1.165, 1.54) is 50.9 Å². The second-order valence-corrected chi connectivity index (χ2v) is 7.97. The van der Waals surface area contributed by atoms with Crippen molar-refractivity contribution in [3.05, 3.63) is 65.7 Å². The molecular formula is C25H35N3O. The SMILES string of the molecule is NCCN=C(CCCCCN1CCC(c2ccccc2)CC1)c1ccccc1O. The zero-order chi connectivity index (χ0) is 20.3. The molecule has 4 nitrogen and oxygen atoms in total. The van der Waals surface area contributed by atoms with Crippen LogP contribution in [0.4, 0.5) is 0 Å². The van der Waals surface area contributed by atoms with Crippen LogP contribution in [0.15, 0.2) is 59.6 Å². The molecule has 2 aromatic carbocycles. The summed E-state index contributed by atoms with van der Waals surface area (Å²) in [4.78, 5) is 7.24. The molecule has 0 unspecified atom stereocenters. The first-order valence-electron chi connectivity index (χ1n) is 11.1. The summed E-state index contributed by atoms with van der Waals surface area (Å²) in [6.07, 6.45) is 6.95. The fraction of sp³-hybridized carbons (Fsp3) is 0.480. The van der Waals surface area contributed by atoms with Gasteiger partial charge in [-0.15, -0.1) is 0 Å². The minimum atomic E-state index is 0.310.